The molecule has 0 unspecified atom stereocenters. The standard InChI is InChI=1S/C26H22BrNO4/c1-17-8-6-7-11-20(17)25-28-22(26(29)32-25)15-19-14-21(27)24(23(16-19)30-2)31-13-12-18-9-4-3-5-10-18/h3-11,14-16H,12-13H2,1-2H3/b22-15-. The molecule has 0 N–H and O–H groups in total. The summed E-state index contributed by atoms with van der Waals surface area (Å²) < 4.78 is 17.6. The fraction of sp³-hybridized carbons (Fsp3) is 0.154. The van der Waals surface area contributed by atoms with Crippen LogP contribution < -0.4 is 9.47 Å². The van der Waals surface area contributed by atoms with Crippen LogP contribution in [0.2, 0.25) is 0 Å². The van der Waals surface area contributed by atoms with Gasteiger partial charge in [0.2, 0.25) is 5.90 Å². The summed E-state index contributed by atoms with van der Waals surface area (Å²) in [7, 11) is 1.58. The van der Waals surface area contributed by atoms with Gasteiger partial charge in [0.05, 0.1) is 18.2 Å². The highest BCUT2D eigenvalue weighted by Crippen LogP contribution is 2.37. The van der Waals surface area contributed by atoms with Crippen molar-refractivity contribution in [1.29, 1.82) is 0 Å². The number of esters is 1. The predicted molar refractivity (Wildman–Crippen MR) is 128 cm³/mol. The van der Waals surface area contributed by atoms with Gasteiger partial charge in [-0.25, -0.2) is 9.79 Å². The Labute approximate surface area is 195 Å². The second kappa shape index (κ2) is 9.83. The van der Waals surface area contributed by atoms with Gasteiger partial charge in [0.15, 0.2) is 17.2 Å². The number of carbonyl (C=O) groups is 1. The van der Waals surface area contributed by atoms with Crippen molar-refractivity contribution in [2.45, 2.75) is 13.3 Å². The average molecular weight is 492 g/mol. The molecule has 0 saturated carbocycles. The lowest BCUT2D eigenvalue weighted by molar-refractivity contribution is -0.129. The molecule has 0 aromatic heterocycles. The van der Waals surface area contributed by atoms with E-state index >= 15 is 0 Å². The number of halogens is 1. The largest absolute Gasteiger partial charge is 0.493 e. The molecule has 0 aliphatic carbocycles. The van der Waals surface area contributed by atoms with Gasteiger partial charge in [0.25, 0.3) is 0 Å². The maximum absolute atomic E-state index is 12.4. The smallest absolute Gasteiger partial charge is 0.363 e. The molecular formula is C26H22BrNO4. The van der Waals surface area contributed by atoms with E-state index in [1.165, 1.54) is 5.56 Å². The van der Waals surface area contributed by atoms with E-state index in [2.05, 4.69) is 33.1 Å². The predicted octanol–water partition coefficient (Wildman–Crippen LogP) is 5.73. The van der Waals surface area contributed by atoms with Gasteiger partial charge in [-0.2, -0.15) is 0 Å². The lowest BCUT2D eigenvalue weighted by atomic mass is 10.1. The van der Waals surface area contributed by atoms with E-state index in [0.29, 0.717) is 24.0 Å². The monoisotopic (exact) mass is 491 g/mol. The summed E-state index contributed by atoms with van der Waals surface area (Å²) >= 11 is 3.56. The molecule has 162 valence electrons. The van der Waals surface area contributed by atoms with Crippen molar-refractivity contribution in [2.75, 3.05) is 13.7 Å². The number of rotatable bonds is 7. The molecule has 0 atom stereocenters. The summed E-state index contributed by atoms with van der Waals surface area (Å²) in [5.41, 5.74) is 3.96. The highest BCUT2D eigenvalue weighted by molar-refractivity contribution is 9.10. The van der Waals surface area contributed by atoms with Crippen molar-refractivity contribution in [2.24, 2.45) is 4.99 Å². The molecule has 0 radical (unpaired) electrons. The molecular weight excluding hydrogens is 470 g/mol. The second-order valence-electron chi connectivity index (χ2n) is 7.27. The number of cyclic esters (lactones) is 1. The van der Waals surface area contributed by atoms with Crippen LogP contribution in [0.1, 0.15) is 22.3 Å². The molecule has 0 saturated heterocycles. The van der Waals surface area contributed by atoms with Crippen LogP contribution in [-0.4, -0.2) is 25.6 Å². The number of aryl methyl sites for hydroxylation is 1. The van der Waals surface area contributed by atoms with E-state index in [9.17, 15) is 4.79 Å². The summed E-state index contributed by atoms with van der Waals surface area (Å²) in [6, 6.07) is 21.5. The van der Waals surface area contributed by atoms with Crippen molar-refractivity contribution < 1.29 is 19.0 Å². The molecule has 0 spiro atoms. The average Bonchev–Trinajstić information content (AvgIpc) is 3.15. The zero-order valence-electron chi connectivity index (χ0n) is 17.8. The van der Waals surface area contributed by atoms with Crippen LogP contribution >= 0.6 is 15.9 Å². The quantitative estimate of drug-likeness (QED) is 0.312. The molecule has 32 heavy (non-hydrogen) atoms. The third-order valence-electron chi connectivity index (χ3n) is 5.03. The summed E-state index contributed by atoms with van der Waals surface area (Å²) in [5.74, 6) is 1.00. The lowest BCUT2D eigenvalue weighted by Gasteiger charge is -2.13. The zero-order chi connectivity index (χ0) is 22.5. The molecule has 6 heteroatoms. The van der Waals surface area contributed by atoms with E-state index in [1.807, 2.05) is 61.5 Å². The lowest BCUT2D eigenvalue weighted by Crippen LogP contribution is -2.06. The van der Waals surface area contributed by atoms with Gasteiger partial charge < -0.3 is 14.2 Å². The Bertz CT molecular complexity index is 1200. The fourth-order valence-corrected chi connectivity index (χ4v) is 3.95. The zero-order valence-corrected chi connectivity index (χ0v) is 19.4. The highest BCUT2D eigenvalue weighted by atomic mass is 79.9. The molecule has 5 nitrogen and oxygen atoms in total. The second-order valence-corrected chi connectivity index (χ2v) is 8.12. The maximum atomic E-state index is 12.4. The number of hydrogen-bond acceptors (Lipinski definition) is 5. The Morgan fingerprint density at radius 2 is 1.81 bits per heavy atom. The summed E-state index contributed by atoms with van der Waals surface area (Å²) in [5, 5.41) is 0. The van der Waals surface area contributed by atoms with Gasteiger partial charge in [-0.1, -0.05) is 48.5 Å². The van der Waals surface area contributed by atoms with E-state index in [0.717, 1.165) is 27.6 Å². The number of benzene rings is 3. The first-order valence-electron chi connectivity index (χ1n) is 10.2. The molecule has 3 aromatic rings. The Morgan fingerprint density at radius 3 is 2.56 bits per heavy atom. The summed E-state index contributed by atoms with van der Waals surface area (Å²) in [6.07, 6.45) is 2.46. The van der Waals surface area contributed by atoms with Gasteiger partial charge in [0.1, 0.15) is 0 Å². The molecule has 3 aromatic carbocycles. The van der Waals surface area contributed by atoms with E-state index in [1.54, 1.807) is 13.2 Å². The topological polar surface area (TPSA) is 57.1 Å². The summed E-state index contributed by atoms with van der Waals surface area (Å²) in [4.78, 5) is 16.8. The molecule has 0 amide bonds. The van der Waals surface area contributed by atoms with Gasteiger partial charge in [-0.3, -0.25) is 0 Å². The van der Waals surface area contributed by atoms with Crippen LogP contribution in [0.25, 0.3) is 6.08 Å². The van der Waals surface area contributed by atoms with Crippen molar-refractivity contribution in [3.63, 3.8) is 0 Å². The molecule has 0 fully saturated rings. The number of carbonyl (C=O) groups excluding carboxylic acids is 1. The Balaban J connectivity index is 1.55. The molecule has 1 heterocycles. The minimum Gasteiger partial charge on any atom is -0.493 e. The van der Waals surface area contributed by atoms with Crippen molar-refractivity contribution in [1.82, 2.24) is 0 Å². The third kappa shape index (κ3) is 4.92. The number of methoxy groups -OCH3 is 1. The van der Waals surface area contributed by atoms with Gasteiger partial charge in [-0.15, -0.1) is 0 Å². The van der Waals surface area contributed by atoms with Crippen LogP contribution in [0.5, 0.6) is 11.5 Å². The maximum Gasteiger partial charge on any atom is 0.363 e. The van der Waals surface area contributed by atoms with Crippen molar-refractivity contribution >= 4 is 33.9 Å². The van der Waals surface area contributed by atoms with Crippen molar-refractivity contribution in [3.05, 3.63) is 99.2 Å². The number of ether oxygens (including phenoxy) is 3. The number of nitrogens with zero attached hydrogens (tertiary/aromatic N) is 1. The van der Waals surface area contributed by atoms with E-state index < -0.39 is 5.97 Å². The SMILES string of the molecule is COc1cc(/C=C2\N=C(c3ccccc3C)OC2=O)cc(Br)c1OCCc1ccccc1. The first kappa shape index (κ1) is 21.8. The first-order valence-corrected chi connectivity index (χ1v) is 11.0. The van der Waals surface area contributed by atoms with Gasteiger partial charge in [0, 0.05) is 12.0 Å². The Hall–Kier alpha value is -3.38. The van der Waals surface area contributed by atoms with E-state index in [4.69, 9.17) is 14.2 Å². The first-order chi connectivity index (χ1) is 15.5. The highest BCUT2D eigenvalue weighted by Gasteiger charge is 2.25. The van der Waals surface area contributed by atoms with Crippen LogP contribution in [0, 0.1) is 6.92 Å². The Kier molecular flexibility index (Phi) is 6.71. The van der Waals surface area contributed by atoms with Crippen molar-refractivity contribution in [3.8, 4) is 11.5 Å². The minimum atomic E-state index is -0.485. The molecule has 1 aliphatic heterocycles. The molecule has 1 aliphatic rings. The Morgan fingerprint density at radius 1 is 1.06 bits per heavy atom. The van der Waals surface area contributed by atoms with Gasteiger partial charge >= 0.3 is 5.97 Å². The van der Waals surface area contributed by atoms with Crippen LogP contribution in [-0.2, 0) is 16.0 Å². The van der Waals surface area contributed by atoms with E-state index in [-0.39, 0.29) is 5.70 Å². The number of hydrogen-bond donors (Lipinski definition) is 0. The van der Waals surface area contributed by atoms with Crippen LogP contribution in [0.3, 0.4) is 0 Å². The number of aliphatic imine (C=N–C) groups is 1. The van der Waals surface area contributed by atoms with Gasteiger partial charge in [-0.05, 0) is 63.8 Å². The minimum absolute atomic E-state index is 0.231. The molecule has 0 bridgehead atoms. The van der Waals surface area contributed by atoms with Crippen LogP contribution in [0.4, 0.5) is 0 Å². The fourth-order valence-electron chi connectivity index (χ4n) is 3.37. The summed E-state index contributed by atoms with van der Waals surface area (Å²) in [6.45, 7) is 2.46. The molecule has 4 rings (SSSR count). The normalized spacial score (nSPS) is 14.3. The third-order valence-corrected chi connectivity index (χ3v) is 5.62. The van der Waals surface area contributed by atoms with Crippen LogP contribution in [0.15, 0.2) is 81.9 Å².